The maximum absolute atomic E-state index is 11.4. The largest absolute Gasteiger partial charge is 0.481 e. The van der Waals surface area contributed by atoms with Gasteiger partial charge in [0, 0.05) is 11.6 Å². The monoisotopic (exact) mass is 227 g/mol. The Hall–Kier alpha value is -1.90. The SMILES string of the molecule is Cc1ccc(C2(C(=O)O)CC2)c2cccnc12. The van der Waals surface area contributed by atoms with Gasteiger partial charge in [0.2, 0.25) is 0 Å². The molecule has 3 nitrogen and oxygen atoms in total. The minimum atomic E-state index is -0.716. The molecule has 1 aliphatic rings. The van der Waals surface area contributed by atoms with Crippen LogP contribution in [0.4, 0.5) is 0 Å². The summed E-state index contributed by atoms with van der Waals surface area (Å²) in [5, 5.41) is 10.3. The summed E-state index contributed by atoms with van der Waals surface area (Å²) in [6.07, 6.45) is 3.21. The van der Waals surface area contributed by atoms with Crippen LogP contribution in [0.3, 0.4) is 0 Å². The summed E-state index contributed by atoms with van der Waals surface area (Å²) in [6.45, 7) is 2.00. The van der Waals surface area contributed by atoms with Gasteiger partial charge in [-0.1, -0.05) is 18.2 Å². The summed E-state index contributed by atoms with van der Waals surface area (Å²) in [6, 6.07) is 7.74. The van der Waals surface area contributed by atoms with Crippen molar-refractivity contribution in [3.05, 3.63) is 41.6 Å². The Labute approximate surface area is 99.1 Å². The van der Waals surface area contributed by atoms with Crippen molar-refractivity contribution in [3.8, 4) is 0 Å². The molecule has 0 saturated heterocycles. The molecule has 0 amide bonds. The molecular weight excluding hydrogens is 214 g/mol. The fourth-order valence-corrected chi connectivity index (χ4v) is 2.45. The third-order valence-corrected chi connectivity index (χ3v) is 3.65. The first kappa shape index (κ1) is 10.3. The molecule has 0 aliphatic heterocycles. The zero-order chi connectivity index (χ0) is 12.0. The fourth-order valence-electron chi connectivity index (χ4n) is 2.45. The number of hydrogen-bond donors (Lipinski definition) is 1. The number of aryl methyl sites for hydroxylation is 1. The molecule has 3 rings (SSSR count). The van der Waals surface area contributed by atoms with Gasteiger partial charge in [0.15, 0.2) is 0 Å². The molecule has 1 fully saturated rings. The summed E-state index contributed by atoms with van der Waals surface area (Å²) in [5.74, 6) is -0.716. The van der Waals surface area contributed by atoms with E-state index in [1.54, 1.807) is 6.20 Å². The van der Waals surface area contributed by atoms with Crippen molar-refractivity contribution in [2.75, 3.05) is 0 Å². The Morgan fingerprint density at radius 1 is 1.35 bits per heavy atom. The molecule has 0 unspecified atom stereocenters. The van der Waals surface area contributed by atoms with Crippen molar-refractivity contribution >= 4 is 16.9 Å². The standard InChI is InChI=1S/C14H13NO2/c1-9-4-5-11(14(6-7-14)13(16)17)10-3-2-8-15-12(9)10/h2-5,8H,6-7H2,1H3,(H,16,17). The van der Waals surface area contributed by atoms with E-state index < -0.39 is 11.4 Å². The van der Waals surface area contributed by atoms with Gasteiger partial charge in [-0.2, -0.15) is 0 Å². The first-order valence-corrected chi connectivity index (χ1v) is 5.73. The Bertz CT molecular complexity index is 615. The van der Waals surface area contributed by atoms with Crippen LogP contribution in [0.15, 0.2) is 30.5 Å². The van der Waals surface area contributed by atoms with Crippen molar-refractivity contribution < 1.29 is 9.90 Å². The van der Waals surface area contributed by atoms with E-state index in [0.717, 1.165) is 34.9 Å². The number of carbonyl (C=O) groups is 1. The summed E-state index contributed by atoms with van der Waals surface area (Å²) in [4.78, 5) is 15.7. The maximum atomic E-state index is 11.4. The Morgan fingerprint density at radius 3 is 2.76 bits per heavy atom. The van der Waals surface area contributed by atoms with E-state index in [1.807, 2.05) is 31.2 Å². The van der Waals surface area contributed by atoms with Gasteiger partial charge in [-0.3, -0.25) is 9.78 Å². The Balaban J connectivity index is 2.32. The number of aromatic nitrogens is 1. The van der Waals surface area contributed by atoms with E-state index in [-0.39, 0.29) is 0 Å². The molecule has 0 radical (unpaired) electrons. The van der Waals surface area contributed by atoms with E-state index in [2.05, 4.69) is 4.98 Å². The smallest absolute Gasteiger partial charge is 0.314 e. The van der Waals surface area contributed by atoms with Crippen LogP contribution in [-0.2, 0) is 10.2 Å². The van der Waals surface area contributed by atoms with Gasteiger partial charge in [0.05, 0.1) is 10.9 Å². The molecule has 1 N–H and O–H groups in total. The molecule has 1 aromatic heterocycles. The number of aliphatic carboxylic acids is 1. The summed E-state index contributed by atoms with van der Waals surface area (Å²) < 4.78 is 0. The van der Waals surface area contributed by atoms with Crippen LogP contribution >= 0.6 is 0 Å². The molecule has 17 heavy (non-hydrogen) atoms. The molecule has 1 saturated carbocycles. The average Bonchev–Trinajstić information content (AvgIpc) is 3.11. The molecular formula is C14H13NO2. The number of benzene rings is 1. The van der Waals surface area contributed by atoms with Crippen LogP contribution in [0, 0.1) is 6.92 Å². The van der Waals surface area contributed by atoms with Crippen LogP contribution in [0.25, 0.3) is 10.9 Å². The van der Waals surface area contributed by atoms with Crippen LogP contribution < -0.4 is 0 Å². The first-order valence-electron chi connectivity index (χ1n) is 5.73. The molecule has 0 bridgehead atoms. The molecule has 0 spiro atoms. The van der Waals surface area contributed by atoms with E-state index in [9.17, 15) is 9.90 Å². The molecule has 1 aliphatic carbocycles. The third-order valence-electron chi connectivity index (χ3n) is 3.65. The quantitative estimate of drug-likeness (QED) is 0.858. The van der Waals surface area contributed by atoms with Gasteiger partial charge in [-0.05, 0) is 37.0 Å². The highest BCUT2D eigenvalue weighted by Gasteiger charge is 2.52. The van der Waals surface area contributed by atoms with E-state index >= 15 is 0 Å². The highest BCUT2D eigenvalue weighted by molar-refractivity contribution is 5.94. The van der Waals surface area contributed by atoms with E-state index in [0.29, 0.717) is 0 Å². The van der Waals surface area contributed by atoms with Gasteiger partial charge in [0.1, 0.15) is 0 Å². The second kappa shape index (κ2) is 3.29. The minimum Gasteiger partial charge on any atom is -0.481 e. The van der Waals surface area contributed by atoms with Crippen molar-refractivity contribution in [2.24, 2.45) is 0 Å². The highest BCUT2D eigenvalue weighted by Crippen LogP contribution is 2.50. The zero-order valence-corrected chi connectivity index (χ0v) is 9.60. The number of rotatable bonds is 2. The van der Waals surface area contributed by atoms with Crippen molar-refractivity contribution in [2.45, 2.75) is 25.2 Å². The number of hydrogen-bond acceptors (Lipinski definition) is 2. The summed E-state index contributed by atoms with van der Waals surface area (Å²) in [7, 11) is 0. The van der Waals surface area contributed by atoms with E-state index in [4.69, 9.17) is 0 Å². The number of nitrogens with zero attached hydrogens (tertiary/aromatic N) is 1. The summed E-state index contributed by atoms with van der Waals surface area (Å²) in [5.41, 5.74) is 2.26. The topological polar surface area (TPSA) is 50.2 Å². The van der Waals surface area contributed by atoms with Crippen molar-refractivity contribution in [1.29, 1.82) is 0 Å². The third kappa shape index (κ3) is 1.35. The Morgan fingerprint density at radius 2 is 2.12 bits per heavy atom. The minimum absolute atomic E-state index is 0.658. The van der Waals surface area contributed by atoms with Crippen molar-refractivity contribution in [1.82, 2.24) is 4.98 Å². The van der Waals surface area contributed by atoms with Gasteiger partial charge in [-0.25, -0.2) is 0 Å². The molecule has 3 heteroatoms. The Kier molecular flexibility index (Phi) is 1.99. The molecule has 1 heterocycles. The molecule has 86 valence electrons. The van der Waals surface area contributed by atoms with Crippen LogP contribution in [0.2, 0.25) is 0 Å². The van der Waals surface area contributed by atoms with Crippen LogP contribution in [0.5, 0.6) is 0 Å². The summed E-state index contributed by atoms with van der Waals surface area (Å²) >= 11 is 0. The zero-order valence-electron chi connectivity index (χ0n) is 9.60. The van der Waals surface area contributed by atoms with Crippen LogP contribution in [-0.4, -0.2) is 16.1 Å². The van der Waals surface area contributed by atoms with Crippen molar-refractivity contribution in [3.63, 3.8) is 0 Å². The fraction of sp³-hybridized carbons (Fsp3) is 0.286. The molecule has 2 aromatic rings. The predicted octanol–water partition coefficient (Wildman–Crippen LogP) is 2.66. The maximum Gasteiger partial charge on any atom is 0.314 e. The lowest BCUT2D eigenvalue weighted by Crippen LogP contribution is -2.19. The lowest BCUT2D eigenvalue weighted by Gasteiger charge is -2.14. The van der Waals surface area contributed by atoms with Gasteiger partial charge in [0.25, 0.3) is 0 Å². The van der Waals surface area contributed by atoms with Gasteiger partial charge >= 0.3 is 5.97 Å². The predicted molar refractivity (Wildman–Crippen MR) is 65.0 cm³/mol. The van der Waals surface area contributed by atoms with Gasteiger partial charge < -0.3 is 5.11 Å². The van der Waals surface area contributed by atoms with E-state index in [1.165, 1.54) is 0 Å². The number of carboxylic acids is 1. The average molecular weight is 227 g/mol. The first-order chi connectivity index (χ1) is 8.15. The molecule has 1 aromatic carbocycles. The van der Waals surface area contributed by atoms with Crippen LogP contribution in [0.1, 0.15) is 24.0 Å². The lowest BCUT2D eigenvalue weighted by atomic mass is 9.91. The van der Waals surface area contributed by atoms with Gasteiger partial charge in [-0.15, -0.1) is 0 Å². The number of pyridine rings is 1. The second-order valence-electron chi connectivity index (χ2n) is 4.72. The normalized spacial score (nSPS) is 17.0. The molecule has 0 atom stereocenters. The highest BCUT2D eigenvalue weighted by atomic mass is 16.4. The lowest BCUT2D eigenvalue weighted by molar-refractivity contribution is -0.139. The number of fused-ring (bicyclic) bond motifs is 1. The second-order valence-corrected chi connectivity index (χ2v) is 4.72. The number of carboxylic acid groups (broad SMARTS) is 1.